The molecule has 1 fully saturated rings. The summed E-state index contributed by atoms with van der Waals surface area (Å²) in [6.45, 7) is 0.469. The standard InChI is InChI=1S/C6H7F3N2OS/c7-6(8,9)5(12)11-2-1-10-3-4(11)13/h10H,1-3H2. The molecule has 1 amide bonds. The summed E-state index contributed by atoms with van der Waals surface area (Å²) in [5, 5.41) is 2.77. The van der Waals surface area contributed by atoms with Gasteiger partial charge in [-0.2, -0.15) is 13.2 Å². The molecule has 0 bridgehead atoms. The Balaban J connectivity index is 2.70. The maximum absolute atomic E-state index is 11.9. The number of carbonyl (C=O) groups excluding carboxylic acids is 1. The van der Waals surface area contributed by atoms with Crippen LogP contribution in [0, 0.1) is 0 Å². The SMILES string of the molecule is O=C(N1CCNCC1=S)C(F)(F)F. The van der Waals surface area contributed by atoms with Gasteiger partial charge in [0.2, 0.25) is 0 Å². The summed E-state index contributed by atoms with van der Waals surface area (Å²) in [7, 11) is 0. The van der Waals surface area contributed by atoms with Crippen molar-refractivity contribution in [2.24, 2.45) is 0 Å². The van der Waals surface area contributed by atoms with E-state index in [0.29, 0.717) is 11.4 Å². The molecule has 0 atom stereocenters. The molecular weight excluding hydrogens is 205 g/mol. The minimum atomic E-state index is -4.83. The normalized spacial score (nSPS) is 19.0. The molecule has 0 aromatic heterocycles. The molecule has 3 nitrogen and oxygen atoms in total. The summed E-state index contributed by atoms with van der Waals surface area (Å²) in [6.07, 6.45) is -4.83. The van der Waals surface area contributed by atoms with Crippen molar-refractivity contribution in [1.29, 1.82) is 0 Å². The molecule has 0 unspecified atom stereocenters. The third-order valence-electron chi connectivity index (χ3n) is 1.58. The third-order valence-corrected chi connectivity index (χ3v) is 1.94. The van der Waals surface area contributed by atoms with Crippen LogP contribution in [0.4, 0.5) is 13.2 Å². The molecule has 1 saturated heterocycles. The highest BCUT2D eigenvalue weighted by Gasteiger charge is 2.43. The second-order valence-corrected chi connectivity index (χ2v) is 3.00. The number of hydrogen-bond donors (Lipinski definition) is 1. The predicted molar refractivity (Wildman–Crippen MR) is 43.2 cm³/mol. The number of amides is 1. The lowest BCUT2D eigenvalue weighted by atomic mass is 10.3. The Kier molecular flexibility index (Phi) is 2.87. The van der Waals surface area contributed by atoms with Crippen LogP contribution in [0.2, 0.25) is 0 Å². The monoisotopic (exact) mass is 212 g/mol. The lowest BCUT2D eigenvalue weighted by molar-refractivity contribution is -0.181. The second kappa shape index (κ2) is 3.59. The van der Waals surface area contributed by atoms with E-state index in [4.69, 9.17) is 0 Å². The van der Waals surface area contributed by atoms with Gasteiger partial charge in [0.25, 0.3) is 0 Å². The van der Waals surface area contributed by atoms with Gasteiger partial charge in [-0.3, -0.25) is 9.69 Å². The minimum absolute atomic E-state index is 0.00595. The molecule has 7 heteroatoms. The second-order valence-electron chi connectivity index (χ2n) is 2.53. The molecule has 1 rings (SSSR count). The van der Waals surface area contributed by atoms with Crippen molar-refractivity contribution in [3.05, 3.63) is 0 Å². The van der Waals surface area contributed by atoms with E-state index in [1.807, 2.05) is 0 Å². The molecule has 1 heterocycles. The fourth-order valence-electron chi connectivity index (χ4n) is 0.974. The van der Waals surface area contributed by atoms with E-state index in [2.05, 4.69) is 17.5 Å². The molecule has 1 aliphatic rings. The van der Waals surface area contributed by atoms with Gasteiger partial charge in [-0.1, -0.05) is 12.2 Å². The van der Waals surface area contributed by atoms with Crippen LogP contribution in [0.15, 0.2) is 0 Å². The molecule has 13 heavy (non-hydrogen) atoms. The van der Waals surface area contributed by atoms with Gasteiger partial charge in [0.1, 0.15) is 0 Å². The average molecular weight is 212 g/mol. The van der Waals surface area contributed by atoms with Crippen LogP contribution in [-0.4, -0.2) is 41.6 Å². The lowest BCUT2D eigenvalue weighted by Gasteiger charge is -2.28. The van der Waals surface area contributed by atoms with Gasteiger partial charge in [0.15, 0.2) is 0 Å². The first-order valence-corrected chi connectivity index (χ1v) is 3.96. The maximum Gasteiger partial charge on any atom is 0.471 e. The van der Waals surface area contributed by atoms with Gasteiger partial charge in [-0.15, -0.1) is 0 Å². The first-order valence-electron chi connectivity index (χ1n) is 3.55. The number of nitrogens with zero attached hydrogens (tertiary/aromatic N) is 1. The Labute approximate surface area is 77.9 Å². The van der Waals surface area contributed by atoms with Crippen molar-refractivity contribution in [2.75, 3.05) is 19.6 Å². The zero-order chi connectivity index (χ0) is 10.1. The van der Waals surface area contributed by atoms with Gasteiger partial charge in [-0.25, -0.2) is 0 Å². The van der Waals surface area contributed by atoms with Gasteiger partial charge in [0, 0.05) is 19.6 Å². The largest absolute Gasteiger partial charge is 0.471 e. The van der Waals surface area contributed by atoms with E-state index in [0.717, 1.165) is 0 Å². The van der Waals surface area contributed by atoms with Gasteiger partial charge < -0.3 is 5.32 Å². The van der Waals surface area contributed by atoms with Crippen molar-refractivity contribution >= 4 is 23.1 Å². The molecule has 0 aromatic carbocycles. The Morgan fingerprint density at radius 2 is 2.15 bits per heavy atom. The zero-order valence-corrected chi connectivity index (χ0v) is 7.34. The molecule has 0 spiro atoms. The smallest absolute Gasteiger partial charge is 0.309 e. The highest BCUT2D eigenvalue weighted by Crippen LogP contribution is 2.19. The van der Waals surface area contributed by atoms with Crippen LogP contribution in [0.25, 0.3) is 0 Å². The van der Waals surface area contributed by atoms with Crippen molar-refractivity contribution < 1.29 is 18.0 Å². The number of piperazine rings is 1. The number of alkyl halides is 3. The first kappa shape index (κ1) is 10.4. The average Bonchev–Trinajstić information content (AvgIpc) is 2.02. The number of thiocarbonyl (C=S) groups is 1. The topological polar surface area (TPSA) is 32.3 Å². The first-order chi connectivity index (χ1) is 5.93. The maximum atomic E-state index is 11.9. The molecule has 1 aliphatic heterocycles. The van der Waals surface area contributed by atoms with Crippen molar-refractivity contribution in [2.45, 2.75) is 6.18 Å². The van der Waals surface area contributed by atoms with Crippen LogP contribution in [0.5, 0.6) is 0 Å². The zero-order valence-electron chi connectivity index (χ0n) is 6.52. The highest BCUT2D eigenvalue weighted by atomic mass is 32.1. The number of nitrogens with one attached hydrogen (secondary N) is 1. The Morgan fingerprint density at radius 1 is 1.54 bits per heavy atom. The Morgan fingerprint density at radius 3 is 2.62 bits per heavy atom. The van der Waals surface area contributed by atoms with Crippen molar-refractivity contribution in [3.8, 4) is 0 Å². The summed E-state index contributed by atoms with van der Waals surface area (Å²) < 4.78 is 35.8. The third kappa shape index (κ3) is 2.38. The highest BCUT2D eigenvalue weighted by molar-refractivity contribution is 7.80. The lowest BCUT2D eigenvalue weighted by Crippen LogP contribution is -2.53. The quantitative estimate of drug-likeness (QED) is 0.586. The van der Waals surface area contributed by atoms with Crippen LogP contribution in [-0.2, 0) is 4.79 Å². The predicted octanol–water partition coefficient (Wildman–Crippen LogP) is 0.308. The van der Waals surface area contributed by atoms with E-state index in [-0.39, 0.29) is 18.1 Å². The van der Waals surface area contributed by atoms with Crippen LogP contribution < -0.4 is 5.32 Å². The fourth-order valence-corrected chi connectivity index (χ4v) is 1.25. The summed E-state index contributed by atoms with van der Waals surface area (Å²) in [5.41, 5.74) is 0. The summed E-state index contributed by atoms with van der Waals surface area (Å²) >= 11 is 4.61. The number of hydrogen-bond acceptors (Lipinski definition) is 3. The number of rotatable bonds is 0. The van der Waals surface area contributed by atoms with E-state index in [9.17, 15) is 18.0 Å². The molecule has 1 N–H and O–H groups in total. The molecule has 0 aromatic rings. The molecule has 0 saturated carbocycles. The number of carbonyl (C=O) groups is 1. The summed E-state index contributed by atoms with van der Waals surface area (Å²) in [4.78, 5) is 11.3. The fraction of sp³-hybridized carbons (Fsp3) is 0.667. The van der Waals surface area contributed by atoms with Gasteiger partial charge in [-0.05, 0) is 0 Å². The Hall–Kier alpha value is -0.690. The molecule has 74 valence electrons. The van der Waals surface area contributed by atoms with Crippen LogP contribution in [0.1, 0.15) is 0 Å². The van der Waals surface area contributed by atoms with Crippen molar-refractivity contribution in [1.82, 2.24) is 10.2 Å². The number of halogens is 3. The van der Waals surface area contributed by atoms with E-state index >= 15 is 0 Å². The van der Waals surface area contributed by atoms with Crippen LogP contribution in [0.3, 0.4) is 0 Å². The van der Waals surface area contributed by atoms with E-state index < -0.39 is 12.1 Å². The summed E-state index contributed by atoms with van der Waals surface area (Å²) in [6, 6.07) is 0. The molecule has 0 radical (unpaired) electrons. The van der Waals surface area contributed by atoms with E-state index in [1.54, 1.807) is 0 Å². The van der Waals surface area contributed by atoms with Crippen LogP contribution >= 0.6 is 12.2 Å². The van der Waals surface area contributed by atoms with Crippen molar-refractivity contribution in [3.63, 3.8) is 0 Å². The van der Waals surface area contributed by atoms with Gasteiger partial charge in [0.05, 0.1) is 4.99 Å². The summed E-state index contributed by atoms with van der Waals surface area (Å²) in [5.74, 6) is -1.88. The van der Waals surface area contributed by atoms with Gasteiger partial charge >= 0.3 is 12.1 Å². The molecular formula is C6H7F3N2OS. The minimum Gasteiger partial charge on any atom is -0.309 e. The van der Waals surface area contributed by atoms with E-state index in [1.165, 1.54) is 0 Å². The Bertz CT molecular complexity index is 241. The molecule has 0 aliphatic carbocycles.